The summed E-state index contributed by atoms with van der Waals surface area (Å²) in [4.78, 5) is 0.126. The molecule has 4 N–H and O–H groups in total. The minimum absolute atomic E-state index is 0.126. The maximum absolute atomic E-state index is 11.1. The average Bonchev–Trinajstić information content (AvgIpc) is 2.15. The van der Waals surface area contributed by atoms with Crippen molar-refractivity contribution in [2.24, 2.45) is 10.9 Å². The first-order valence-corrected chi connectivity index (χ1v) is 5.90. The molecule has 0 saturated carbocycles. The number of rotatable bonds is 3. The second-order valence-corrected chi connectivity index (χ2v) is 4.91. The molecule has 0 amide bonds. The van der Waals surface area contributed by atoms with Crippen molar-refractivity contribution >= 4 is 33.1 Å². The number of benzene rings is 1. The summed E-state index contributed by atoms with van der Waals surface area (Å²) in [6, 6.07) is 6.62. The highest BCUT2D eigenvalue weighted by Crippen LogP contribution is 2.20. The minimum atomic E-state index is -3.79. The van der Waals surface area contributed by atoms with E-state index in [1.165, 1.54) is 7.05 Å². The molecule has 0 saturated heterocycles. The molecule has 1 aromatic carbocycles. The fraction of sp³-hybridized carbons (Fsp3) is 0.125. The van der Waals surface area contributed by atoms with Gasteiger partial charge in [0.05, 0.1) is 5.69 Å². The maximum atomic E-state index is 11.1. The molecule has 0 bridgehead atoms. The predicted molar refractivity (Wildman–Crippen MR) is 63.8 cm³/mol. The number of anilines is 1. The van der Waals surface area contributed by atoms with Crippen molar-refractivity contribution in [1.29, 1.82) is 0 Å². The Morgan fingerprint density at radius 2 is 1.93 bits per heavy atom. The molecule has 82 valence electrons. The second kappa shape index (κ2) is 4.13. The summed E-state index contributed by atoms with van der Waals surface area (Å²) < 4.78 is 23.2. The number of hydrogen-bond acceptors (Lipinski definition) is 3. The largest absolute Gasteiger partial charge is 0.389 e. The van der Waals surface area contributed by atoms with Gasteiger partial charge in [0, 0.05) is 12.6 Å². The lowest BCUT2D eigenvalue weighted by atomic mass is 10.2. The monoisotopic (exact) mass is 245 g/mol. The van der Waals surface area contributed by atoms with Gasteiger partial charge in [0.15, 0.2) is 0 Å². The van der Waals surface area contributed by atoms with Crippen LogP contribution in [0.3, 0.4) is 0 Å². The summed E-state index contributed by atoms with van der Waals surface area (Å²) in [7, 11) is -2.45. The van der Waals surface area contributed by atoms with E-state index < -0.39 is 10.2 Å². The lowest BCUT2D eigenvalue weighted by Crippen LogP contribution is -2.34. The summed E-state index contributed by atoms with van der Waals surface area (Å²) in [6.45, 7) is 0. The van der Waals surface area contributed by atoms with Crippen molar-refractivity contribution in [1.82, 2.24) is 0 Å². The molecule has 0 unspecified atom stereocenters. The molecule has 0 radical (unpaired) electrons. The molecule has 1 aromatic rings. The van der Waals surface area contributed by atoms with Crippen molar-refractivity contribution in [2.45, 2.75) is 0 Å². The van der Waals surface area contributed by atoms with Crippen LogP contribution in [0.25, 0.3) is 0 Å². The molecule has 0 fully saturated rings. The Morgan fingerprint density at radius 3 is 2.40 bits per heavy atom. The highest BCUT2D eigenvalue weighted by molar-refractivity contribution is 7.90. The van der Waals surface area contributed by atoms with E-state index in [0.29, 0.717) is 11.3 Å². The lowest BCUT2D eigenvalue weighted by Gasteiger charge is -2.18. The van der Waals surface area contributed by atoms with Gasteiger partial charge < -0.3 is 5.73 Å². The number of nitrogens with zero attached hydrogens (tertiary/aromatic N) is 1. The van der Waals surface area contributed by atoms with E-state index in [4.69, 9.17) is 23.1 Å². The first-order valence-electron chi connectivity index (χ1n) is 3.99. The number of thiocarbonyl (C=S) groups is 1. The van der Waals surface area contributed by atoms with Crippen molar-refractivity contribution in [3.63, 3.8) is 0 Å². The third kappa shape index (κ3) is 2.65. The molecule has 0 heterocycles. The minimum Gasteiger partial charge on any atom is -0.389 e. The summed E-state index contributed by atoms with van der Waals surface area (Å²) in [5.41, 5.74) is 6.31. The SMILES string of the molecule is CN(c1ccccc1C(N)=S)S(N)(=O)=O. The Balaban J connectivity index is 3.32. The standard InChI is InChI=1S/C8H11N3O2S2/c1-11(15(10,12)13)7-5-3-2-4-6(7)8(9)14/h2-5H,1H3,(H2,9,14)(H2,10,12,13). The summed E-state index contributed by atoms with van der Waals surface area (Å²) in [5, 5.41) is 4.99. The van der Waals surface area contributed by atoms with E-state index in [2.05, 4.69) is 0 Å². The van der Waals surface area contributed by atoms with Crippen LogP contribution in [0.15, 0.2) is 24.3 Å². The topological polar surface area (TPSA) is 89.4 Å². The average molecular weight is 245 g/mol. The van der Waals surface area contributed by atoms with Gasteiger partial charge in [-0.1, -0.05) is 24.4 Å². The summed E-state index contributed by atoms with van der Waals surface area (Å²) >= 11 is 4.81. The fourth-order valence-corrected chi connectivity index (χ4v) is 1.70. The molecule has 0 aliphatic heterocycles. The van der Waals surface area contributed by atoms with Crippen LogP contribution in [0.2, 0.25) is 0 Å². The van der Waals surface area contributed by atoms with E-state index in [1.54, 1.807) is 24.3 Å². The van der Waals surface area contributed by atoms with Crippen molar-refractivity contribution in [3.05, 3.63) is 29.8 Å². The van der Waals surface area contributed by atoms with Gasteiger partial charge in [-0.25, -0.2) is 5.14 Å². The van der Waals surface area contributed by atoms with E-state index in [1.807, 2.05) is 0 Å². The smallest absolute Gasteiger partial charge is 0.298 e. The molecule has 0 aliphatic rings. The zero-order valence-corrected chi connectivity index (χ0v) is 9.68. The van der Waals surface area contributed by atoms with Gasteiger partial charge in [-0.2, -0.15) is 8.42 Å². The third-order valence-corrected chi connectivity index (χ3v) is 3.07. The molecule has 15 heavy (non-hydrogen) atoms. The van der Waals surface area contributed by atoms with E-state index in [9.17, 15) is 8.42 Å². The molecular weight excluding hydrogens is 234 g/mol. The summed E-state index contributed by atoms with van der Waals surface area (Å²) in [5.74, 6) is 0. The van der Waals surface area contributed by atoms with Crippen LogP contribution in [0, 0.1) is 0 Å². The Kier molecular flexibility index (Phi) is 3.28. The molecule has 0 atom stereocenters. The maximum Gasteiger partial charge on any atom is 0.298 e. The van der Waals surface area contributed by atoms with Crippen LogP contribution in [0.4, 0.5) is 5.69 Å². The normalized spacial score (nSPS) is 11.1. The lowest BCUT2D eigenvalue weighted by molar-refractivity contribution is 0.596. The highest BCUT2D eigenvalue weighted by Gasteiger charge is 2.16. The van der Waals surface area contributed by atoms with Crippen LogP contribution in [0.5, 0.6) is 0 Å². The molecule has 0 aromatic heterocycles. The molecule has 7 heteroatoms. The van der Waals surface area contributed by atoms with Crippen LogP contribution < -0.4 is 15.2 Å². The van der Waals surface area contributed by atoms with Gasteiger partial charge in [0.2, 0.25) is 0 Å². The van der Waals surface area contributed by atoms with E-state index in [-0.39, 0.29) is 4.99 Å². The zero-order valence-electron chi connectivity index (χ0n) is 8.04. The van der Waals surface area contributed by atoms with Crippen molar-refractivity contribution < 1.29 is 8.42 Å². The van der Waals surface area contributed by atoms with Gasteiger partial charge in [-0.3, -0.25) is 4.31 Å². The van der Waals surface area contributed by atoms with Crippen molar-refractivity contribution in [3.8, 4) is 0 Å². The first-order chi connectivity index (χ1) is 6.84. The molecule has 1 rings (SSSR count). The third-order valence-electron chi connectivity index (χ3n) is 1.89. The van der Waals surface area contributed by atoms with Gasteiger partial charge in [0.25, 0.3) is 10.2 Å². The Hall–Kier alpha value is -1.18. The second-order valence-electron chi connectivity index (χ2n) is 2.89. The van der Waals surface area contributed by atoms with Gasteiger partial charge >= 0.3 is 0 Å². The molecule has 0 spiro atoms. The zero-order chi connectivity index (χ0) is 11.6. The number of nitrogens with two attached hydrogens (primary N) is 2. The van der Waals surface area contributed by atoms with Crippen LogP contribution >= 0.6 is 12.2 Å². The molecule has 0 aliphatic carbocycles. The number of para-hydroxylation sites is 1. The molecular formula is C8H11N3O2S2. The Morgan fingerprint density at radius 1 is 1.40 bits per heavy atom. The van der Waals surface area contributed by atoms with Gasteiger partial charge in [-0.15, -0.1) is 0 Å². The Labute approximate surface area is 93.9 Å². The first kappa shape index (κ1) is 11.9. The van der Waals surface area contributed by atoms with Gasteiger partial charge in [0.1, 0.15) is 4.99 Å². The van der Waals surface area contributed by atoms with Crippen LogP contribution in [0.1, 0.15) is 5.56 Å². The number of hydrogen-bond donors (Lipinski definition) is 2. The fourth-order valence-electron chi connectivity index (χ4n) is 1.09. The quantitative estimate of drug-likeness (QED) is 0.731. The Bertz CT molecular complexity index is 484. The van der Waals surface area contributed by atoms with E-state index >= 15 is 0 Å². The molecule has 5 nitrogen and oxygen atoms in total. The van der Waals surface area contributed by atoms with Gasteiger partial charge in [-0.05, 0) is 12.1 Å². The van der Waals surface area contributed by atoms with Crippen molar-refractivity contribution in [2.75, 3.05) is 11.4 Å². The summed E-state index contributed by atoms with van der Waals surface area (Å²) in [6.07, 6.45) is 0. The highest BCUT2D eigenvalue weighted by atomic mass is 32.2. The van der Waals surface area contributed by atoms with E-state index in [0.717, 1.165) is 4.31 Å². The van der Waals surface area contributed by atoms with Crippen LogP contribution in [-0.2, 0) is 10.2 Å². The van der Waals surface area contributed by atoms with Crippen LogP contribution in [-0.4, -0.2) is 20.5 Å². The predicted octanol–water partition coefficient (Wildman–Crippen LogP) is -0.0395.